The Labute approximate surface area is 123 Å². The minimum Gasteiger partial charge on any atom is -0.370 e. The number of nitrogens with one attached hydrogen (secondary N) is 1. The molecule has 1 aromatic rings. The maximum atomic E-state index is 4.86. The van der Waals surface area contributed by atoms with Crippen molar-refractivity contribution in [1.82, 2.24) is 9.97 Å². The van der Waals surface area contributed by atoms with Gasteiger partial charge in [0.25, 0.3) is 0 Å². The number of hydrogen-bond donors (Lipinski definition) is 1. The Kier molecular flexibility index (Phi) is 5.38. The van der Waals surface area contributed by atoms with Gasteiger partial charge in [-0.2, -0.15) is 0 Å². The van der Waals surface area contributed by atoms with E-state index >= 15 is 0 Å². The minimum absolute atomic E-state index is 0.570. The molecule has 1 fully saturated rings. The predicted octanol–water partition coefficient (Wildman–Crippen LogP) is 4.46. The largest absolute Gasteiger partial charge is 0.370 e. The van der Waals surface area contributed by atoms with E-state index < -0.39 is 0 Å². The second-order valence-corrected chi connectivity index (χ2v) is 6.01. The fourth-order valence-electron chi connectivity index (χ4n) is 3.28. The van der Waals surface area contributed by atoms with E-state index in [-0.39, 0.29) is 0 Å². The summed E-state index contributed by atoms with van der Waals surface area (Å²) in [6.07, 6.45) is 7.52. The van der Waals surface area contributed by atoms with Crippen molar-refractivity contribution >= 4 is 5.82 Å². The molecule has 0 saturated heterocycles. The number of rotatable bonds is 5. The quantitative estimate of drug-likeness (QED) is 0.862. The van der Waals surface area contributed by atoms with E-state index in [2.05, 4.69) is 33.0 Å². The van der Waals surface area contributed by atoms with Gasteiger partial charge in [0, 0.05) is 23.7 Å². The summed E-state index contributed by atoms with van der Waals surface area (Å²) in [6.45, 7) is 9.67. The second-order valence-electron chi connectivity index (χ2n) is 6.01. The van der Waals surface area contributed by atoms with Crippen LogP contribution >= 0.6 is 0 Å². The normalized spacial score (nSPS) is 22.8. The molecule has 112 valence electrons. The Bertz CT molecular complexity index is 434. The average Bonchev–Trinajstić information content (AvgIpc) is 2.49. The van der Waals surface area contributed by atoms with Gasteiger partial charge in [-0.25, -0.2) is 9.97 Å². The van der Waals surface area contributed by atoms with Gasteiger partial charge in [0.2, 0.25) is 0 Å². The predicted molar refractivity (Wildman–Crippen MR) is 85.3 cm³/mol. The molecule has 2 rings (SSSR count). The smallest absolute Gasteiger partial charge is 0.134 e. The highest BCUT2D eigenvalue weighted by Gasteiger charge is 2.24. The van der Waals surface area contributed by atoms with Gasteiger partial charge in [-0.1, -0.05) is 20.3 Å². The lowest BCUT2D eigenvalue weighted by Crippen LogP contribution is -2.17. The Morgan fingerprint density at radius 1 is 1.05 bits per heavy atom. The third kappa shape index (κ3) is 3.31. The fraction of sp³-hybridized carbons (Fsp3) is 0.765. The molecule has 0 radical (unpaired) electrons. The summed E-state index contributed by atoms with van der Waals surface area (Å²) in [5.41, 5.74) is 2.43. The van der Waals surface area contributed by atoms with E-state index in [1.165, 1.54) is 43.4 Å². The monoisotopic (exact) mass is 275 g/mol. The SMILES string of the molecule is CCNc1nc(C2CCC(CC)CC2)nc(CC)c1C. The topological polar surface area (TPSA) is 37.8 Å². The molecule has 0 spiro atoms. The molecular weight excluding hydrogens is 246 g/mol. The van der Waals surface area contributed by atoms with Crippen molar-refractivity contribution in [2.24, 2.45) is 5.92 Å². The molecule has 3 nitrogen and oxygen atoms in total. The lowest BCUT2D eigenvalue weighted by molar-refractivity contribution is 0.312. The maximum Gasteiger partial charge on any atom is 0.134 e. The maximum absolute atomic E-state index is 4.86. The average molecular weight is 275 g/mol. The van der Waals surface area contributed by atoms with E-state index in [1.807, 2.05) is 0 Å². The highest BCUT2D eigenvalue weighted by Crippen LogP contribution is 2.36. The van der Waals surface area contributed by atoms with Gasteiger partial charge in [0.15, 0.2) is 0 Å². The Morgan fingerprint density at radius 3 is 2.30 bits per heavy atom. The zero-order valence-corrected chi connectivity index (χ0v) is 13.5. The number of aryl methyl sites for hydroxylation is 1. The third-order valence-corrected chi connectivity index (χ3v) is 4.73. The van der Waals surface area contributed by atoms with Gasteiger partial charge in [-0.15, -0.1) is 0 Å². The van der Waals surface area contributed by atoms with Gasteiger partial charge >= 0.3 is 0 Å². The van der Waals surface area contributed by atoms with Gasteiger partial charge in [-0.3, -0.25) is 0 Å². The summed E-state index contributed by atoms with van der Waals surface area (Å²) < 4.78 is 0. The number of nitrogens with zero attached hydrogens (tertiary/aromatic N) is 2. The molecular formula is C17H29N3. The number of hydrogen-bond acceptors (Lipinski definition) is 3. The van der Waals surface area contributed by atoms with Crippen molar-refractivity contribution in [2.75, 3.05) is 11.9 Å². The number of anilines is 1. The molecule has 0 aromatic carbocycles. The molecule has 0 unspecified atom stereocenters. The van der Waals surface area contributed by atoms with Crippen LogP contribution < -0.4 is 5.32 Å². The summed E-state index contributed by atoms with van der Waals surface area (Å²) in [7, 11) is 0. The van der Waals surface area contributed by atoms with Gasteiger partial charge in [-0.05, 0) is 51.9 Å². The van der Waals surface area contributed by atoms with Crippen molar-refractivity contribution in [3.05, 3.63) is 17.1 Å². The summed E-state index contributed by atoms with van der Waals surface area (Å²) >= 11 is 0. The Morgan fingerprint density at radius 2 is 1.75 bits per heavy atom. The van der Waals surface area contributed by atoms with Gasteiger partial charge in [0.1, 0.15) is 11.6 Å². The van der Waals surface area contributed by atoms with Crippen LogP contribution in [0.4, 0.5) is 5.82 Å². The van der Waals surface area contributed by atoms with E-state index in [0.29, 0.717) is 5.92 Å². The molecule has 0 bridgehead atoms. The van der Waals surface area contributed by atoms with Crippen LogP contribution in [0.1, 0.15) is 75.9 Å². The second kappa shape index (κ2) is 7.05. The van der Waals surface area contributed by atoms with E-state index in [1.54, 1.807) is 0 Å². The van der Waals surface area contributed by atoms with Crippen LogP contribution in [-0.4, -0.2) is 16.5 Å². The van der Waals surface area contributed by atoms with Crippen molar-refractivity contribution in [3.63, 3.8) is 0 Å². The first-order valence-corrected chi connectivity index (χ1v) is 8.30. The van der Waals surface area contributed by atoms with E-state index in [9.17, 15) is 0 Å². The standard InChI is InChI=1S/C17H29N3/c1-5-13-8-10-14(11-9-13)17-19-15(6-2)12(4)16(20-17)18-7-3/h13-14H,5-11H2,1-4H3,(H,18,19,20). The molecule has 0 atom stereocenters. The summed E-state index contributed by atoms with van der Waals surface area (Å²) in [5.74, 6) is 3.63. The fourth-order valence-corrected chi connectivity index (χ4v) is 3.28. The van der Waals surface area contributed by atoms with Crippen LogP contribution in [0.3, 0.4) is 0 Å². The highest BCUT2D eigenvalue weighted by molar-refractivity contribution is 5.46. The molecule has 1 aromatic heterocycles. The zero-order chi connectivity index (χ0) is 14.5. The lowest BCUT2D eigenvalue weighted by Gasteiger charge is -2.27. The van der Waals surface area contributed by atoms with Gasteiger partial charge in [0.05, 0.1) is 0 Å². The first-order chi connectivity index (χ1) is 9.69. The highest BCUT2D eigenvalue weighted by atomic mass is 15.0. The van der Waals surface area contributed by atoms with Crippen molar-refractivity contribution in [1.29, 1.82) is 0 Å². The van der Waals surface area contributed by atoms with Crippen molar-refractivity contribution < 1.29 is 0 Å². The molecule has 0 amide bonds. The molecule has 3 heteroatoms. The summed E-state index contributed by atoms with van der Waals surface area (Å²) in [4.78, 5) is 9.68. The summed E-state index contributed by atoms with van der Waals surface area (Å²) in [6, 6.07) is 0. The molecule has 1 saturated carbocycles. The molecule has 0 aliphatic heterocycles. The Balaban J connectivity index is 2.21. The van der Waals surface area contributed by atoms with Crippen molar-refractivity contribution in [3.8, 4) is 0 Å². The molecule has 1 aliphatic carbocycles. The van der Waals surface area contributed by atoms with Crippen LogP contribution in [0.2, 0.25) is 0 Å². The number of aromatic nitrogens is 2. The van der Waals surface area contributed by atoms with E-state index in [0.717, 1.165) is 30.5 Å². The molecule has 1 aliphatic rings. The molecule has 1 heterocycles. The minimum atomic E-state index is 0.570. The first-order valence-electron chi connectivity index (χ1n) is 8.30. The third-order valence-electron chi connectivity index (χ3n) is 4.73. The first kappa shape index (κ1) is 15.3. The zero-order valence-electron chi connectivity index (χ0n) is 13.5. The molecule has 1 N–H and O–H groups in total. The van der Waals surface area contributed by atoms with Crippen LogP contribution in [-0.2, 0) is 6.42 Å². The summed E-state index contributed by atoms with van der Waals surface area (Å²) in [5, 5.41) is 3.40. The Hall–Kier alpha value is -1.12. The van der Waals surface area contributed by atoms with E-state index in [4.69, 9.17) is 9.97 Å². The molecule has 20 heavy (non-hydrogen) atoms. The van der Waals surface area contributed by atoms with Crippen LogP contribution in [0, 0.1) is 12.8 Å². The van der Waals surface area contributed by atoms with Crippen molar-refractivity contribution in [2.45, 2.75) is 72.1 Å². The van der Waals surface area contributed by atoms with Gasteiger partial charge < -0.3 is 5.32 Å². The van der Waals surface area contributed by atoms with Crippen LogP contribution in [0.15, 0.2) is 0 Å². The van der Waals surface area contributed by atoms with Crippen LogP contribution in [0.25, 0.3) is 0 Å². The van der Waals surface area contributed by atoms with Crippen LogP contribution in [0.5, 0.6) is 0 Å². The lowest BCUT2D eigenvalue weighted by atomic mass is 9.80.